The van der Waals surface area contributed by atoms with E-state index in [4.69, 9.17) is 16.3 Å². The van der Waals surface area contributed by atoms with Gasteiger partial charge in [0.25, 0.3) is 5.69 Å². The molecule has 1 aliphatic heterocycles. The quantitative estimate of drug-likeness (QED) is 0.353. The van der Waals surface area contributed by atoms with Gasteiger partial charge < -0.3 is 10.1 Å². The first kappa shape index (κ1) is 24.6. The normalized spacial score (nSPS) is 15.1. The fraction of sp³-hybridized carbons (Fsp3) is 0.333. The second-order valence-electron chi connectivity index (χ2n) is 7.34. The summed E-state index contributed by atoms with van der Waals surface area (Å²) in [6, 6.07) is 9.48. The topological polar surface area (TPSA) is 136 Å². The fourth-order valence-corrected chi connectivity index (χ4v) is 5.12. The molecule has 12 heteroatoms. The standard InChI is InChI=1S/C21H22ClN3O7S/c1-2-32-21(27)15-3-6-17(7-4-15)33(30,31)24-11-9-14(10-12-24)20(26)23-16-5-8-18(22)19(13-16)25(28)29/h3-8,13-14H,2,9-12H2,1H3,(H,23,26). The van der Waals surface area contributed by atoms with E-state index in [1.54, 1.807) is 6.92 Å². The molecule has 2 aromatic carbocycles. The molecule has 1 aliphatic rings. The predicted molar refractivity (Wildman–Crippen MR) is 121 cm³/mol. The molecule has 0 atom stereocenters. The van der Waals surface area contributed by atoms with Crippen molar-refractivity contribution in [1.82, 2.24) is 4.31 Å². The number of amides is 1. The van der Waals surface area contributed by atoms with Gasteiger partial charge in [0.15, 0.2) is 0 Å². The molecule has 176 valence electrons. The van der Waals surface area contributed by atoms with Crippen LogP contribution in [0.5, 0.6) is 0 Å². The van der Waals surface area contributed by atoms with E-state index in [1.165, 1.54) is 46.8 Å². The van der Waals surface area contributed by atoms with Crippen molar-refractivity contribution in [3.05, 3.63) is 63.2 Å². The lowest BCUT2D eigenvalue weighted by atomic mass is 9.97. The third kappa shape index (κ3) is 5.67. The minimum atomic E-state index is -3.78. The van der Waals surface area contributed by atoms with Crippen molar-refractivity contribution in [2.75, 3.05) is 25.0 Å². The highest BCUT2D eigenvalue weighted by atomic mass is 35.5. The van der Waals surface area contributed by atoms with E-state index < -0.39 is 26.8 Å². The maximum Gasteiger partial charge on any atom is 0.338 e. The maximum absolute atomic E-state index is 12.9. The summed E-state index contributed by atoms with van der Waals surface area (Å²) in [6.45, 7) is 2.18. The monoisotopic (exact) mass is 495 g/mol. The second-order valence-corrected chi connectivity index (χ2v) is 9.68. The second kappa shape index (κ2) is 10.3. The summed E-state index contributed by atoms with van der Waals surface area (Å²) in [6.07, 6.45) is 0.587. The smallest absolute Gasteiger partial charge is 0.338 e. The van der Waals surface area contributed by atoms with Crippen LogP contribution in [-0.2, 0) is 19.6 Å². The number of anilines is 1. The number of nitro benzene ring substituents is 1. The van der Waals surface area contributed by atoms with Gasteiger partial charge in [-0.25, -0.2) is 13.2 Å². The Kier molecular flexibility index (Phi) is 7.67. The van der Waals surface area contributed by atoms with E-state index >= 15 is 0 Å². The highest BCUT2D eigenvalue weighted by Gasteiger charge is 2.32. The molecule has 33 heavy (non-hydrogen) atoms. The summed E-state index contributed by atoms with van der Waals surface area (Å²) in [5, 5.41) is 13.6. The highest BCUT2D eigenvalue weighted by Crippen LogP contribution is 2.29. The Morgan fingerprint density at radius 2 is 1.82 bits per heavy atom. The van der Waals surface area contributed by atoms with Crippen LogP contribution in [0.15, 0.2) is 47.4 Å². The van der Waals surface area contributed by atoms with Gasteiger partial charge in [-0.1, -0.05) is 11.6 Å². The lowest BCUT2D eigenvalue weighted by molar-refractivity contribution is -0.384. The first-order valence-corrected chi connectivity index (χ1v) is 12.0. The molecule has 3 rings (SSSR count). The van der Waals surface area contributed by atoms with Crippen molar-refractivity contribution in [3.63, 3.8) is 0 Å². The summed E-state index contributed by atoms with van der Waals surface area (Å²) in [5.74, 6) is -1.32. The number of piperidine rings is 1. The average Bonchev–Trinajstić information content (AvgIpc) is 2.80. The van der Waals surface area contributed by atoms with E-state index in [9.17, 15) is 28.1 Å². The van der Waals surface area contributed by atoms with Crippen molar-refractivity contribution >= 4 is 44.9 Å². The Morgan fingerprint density at radius 3 is 2.39 bits per heavy atom. The summed E-state index contributed by atoms with van der Waals surface area (Å²) in [4.78, 5) is 34.8. The molecular weight excluding hydrogens is 474 g/mol. The minimum Gasteiger partial charge on any atom is -0.462 e. The lowest BCUT2D eigenvalue weighted by Gasteiger charge is -2.30. The van der Waals surface area contributed by atoms with Gasteiger partial charge in [-0.3, -0.25) is 14.9 Å². The van der Waals surface area contributed by atoms with Crippen molar-refractivity contribution in [2.45, 2.75) is 24.7 Å². The van der Waals surface area contributed by atoms with Gasteiger partial charge in [-0.15, -0.1) is 0 Å². The van der Waals surface area contributed by atoms with Crippen molar-refractivity contribution < 1.29 is 27.7 Å². The number of benzene rings is 2. The number of carbonyl (C=O) groups excluding carboxylic acids is 2. The molecular formula is C21H22ClN3O7S. The zero-order valence-corrected chi connectivity index (χ0v) is 19.3. The van der Waals surface area contributed by atoms with E-state index in [0.717, 1.165) is 0 Å². The molecule has 0 aliphatic carbocycles. The Balaban J connectivity index is 1.62. The van der Waals surface area contributed by atoms with Crippen LogP contribution >= 0.6 is 11.6 Å². The maximum atomic E-state index is 12.9. The largest absolute Gasteiger partial charge is 0.462 e. The Morgan fingerprint density at radius 1 is 1.18 bits per heavy atom. The third-order valence-electron chi connectivity index (χ3n) is 5.24. The van der Waals surface area contributed by atoms with Gasteiger partial charge in [-0.2, -0.15) is 4.31 Å². The van der Waals surface area contributed by atoms with Crippen LogP contribution in [-0.4, -0.2) is 49.2 Å². The number of sulfonamides is 1. The molecule has 0 bridgehead atoms. The molecule has 1 N–H and O–H groups in total. The van der Waals surface area contributed by atoms with Crippen LogP contribution < -0.4 is 5.32 Å². The summed E-state index contributed by atoms with van der Waals surface area (Å²) in [7, 11) is -3.78. The molecule has 0 unspecified atom stereocenters. The SMILES string of the molecule is CCOC(=O)c1ccc(S(=O)(=O)N2CCC(C(=O)Nc3ccc(Cl)c([N+](=O)[O-])c3)CC2)cc1. The molecule has 0 radical (unpaired) electrons. The van der Waals surface area contributed by atoms with Gasteiger partial charge in [0.05, 0.1) is 22.0 Å². The van der Waals surface area contributed by atoms with Crippen LogP contribution in [0.25, 0.3) is 0 Å². The number of nitrogens with zero attached hydrogens (tertiary/aromatic N) is 2. The molecule has 10 nitrogen and oxygen atoms in total. The molecule has 2 aromatic rings. The van der Waals surface area contributed by atoms with Crippen molar-refractivity contribution in [1.29, 1.82) is 0 Å². The average molecular weight is 496 g/mol. The number of carbonyl (C=O) groups is 2. The van der Waals surface area contributed by atoms with E-state index in [1.807, 2.05) is 0 Å². The fourth-order valence-electron chi connectivity index (χ4n) is 3.46. The Bertz CT molecular complexity index is 1160. The third-order valence-corrected chi connectivity index (χ3v) is 7.47. The van der Waals surface area contributed by atoms with Crippen molar-refractivity contribution in [3.8, 4) is 0 Å². The number of ether oxygens (including phenoxy) is 1. The number of hydrogen-bond donors (Lipinski definition) is 1. The van der Waals surface area contributed by atoms with Gasteiger partial charge in [0, 0.05) is 30.8 Å². The van der Waals surface area contributed by atoms with Gasteiger partial charge in [-0.05, 0) is 56.2 Å². The molecule has 0 spiro atoms. The number of rotatable bonds is 7. The van der Waals surface area contributed by atoms with E-state index in [0.29, 0.717) is 12.8 Å². The van der Waals surface area contributed by atoms with E-state index in [-0.39, 0.29) is 52.5 Å². The van der Waals surface area contributed by atoms with Crippen molar-refractivity contribution in [2.24, 2.45) is 5.92 Å². The number of halogens is 1. The zero-order valence-electron chi connectivity index (χ0n) is 17.7. The Labute approximate surface area is 195 Å². The first-order chi connectivity index (χ1) is 15.6. The number of nitro groups is 1. The summed E-state index contributed by atoms with van der Waals surface area (Å²) < 4.78 is 32.0. The molecule has 1 amide bonds. The summed E-state index contributed by atoms with van der Waals surface area (Å²) >= 11 is 5.78. The first-order valence-electron chi connectivity index (χ1n) is 10.2. The molecule has 1 saturated heterocycles. The number of esters is 1. The highest BCUT2D eigenvalue weighted by molar-refractivity contribution is 7.89. The van der Waals surface area contributed by atoms with Gasteiger partial charge in [0.1, 0.15) is 5.02 Å². The molecule has 1 fully saturated rings. The molecule has 0 saturated carbocycles. The number of hydrogen-bond acceptors (Lipinski definition) is 7. The van der Waals surface area contributed by atoms with E-state index in [2.05, 4.69) is 5.32 Å². The van der Waals surface area contributed by atoms with Gasteiger partial charge in [0.2, 0.25) is 15.9 Å². The molecule has 1 heterocycles. The minimum absolute atomic E-state index is 0.0354. The number of nitrogens with one attached hydrogen (secondary N) is 1. The van der Waals surface area contributed by atoms with Crippen LogP contribution in [0.2, 0.25) is 5.02 Å². The predicted octanol–water partition coefficient (Wildman–Crippen LogP) is 3.46. The molecule has 0 aromatic heterocycles. The van der Waals surface area contributed by atoms with Crippen LogP contribution in [0.3, 0.4) is 0 Å². The van der Waals surface area contributed by atoms with Crippen LogP contribution in [0, 0.1) is 16.0 Å². The zero-order chi connectivity index (χ0) is 24.2. The summed E-state index contributed by atoms with van der Waals surface area (Å²) in [5.41, 5.74) is 0.186. The van der Waals surface area contributed by atoms with Gasteiger partial charge >= 0.3 is 5.97 Å². The van der Waals surface area contributed by atoms with Crippen LogP contribution in [0.1, 0.15) is 30.1 Å². The van der Waals surface area contributed by atoms with Crippen LogP contribution in [0.4, 0.5) is 11.4 Å². The lowest BCUT2D eigenvalue weighted by Crippen LogP contribution is -2.41. The Hall–Kier alpha value is -3.02.